The second-order valence-corrected chi connectivity index (χ2v) is 8.11. The quantitative estimate of drug-likeness (QED) is 0.388. The summed E-state index contributed by atoms with van der Waals surface area (Å²) < 4.78 is 0. The molecule has 0 fully saturated rings. The maximum absolute atomic E-state index is 12.0. The van der Waals surface area contributed by atoms with Gasteiger partial charge in [0, 0.05) is 11.3 Å². The molecule has 0 saturated heterocycles. The van der Waals surface area contributed by atoms with Crippen molar-refractivity contribution in [3.05, 3.63) is 63.7 Å². The van der Waals surface area contributed by atoms with Gasteiger partial charge in [-0.05, 0) is 66.8 Å². The molecule has 0 aliphatic carbocycles. The van der Waals surface area contributed by atoms with Gasteiger partial charge in [-0.2, -0.15) is 0 Å². The molecule has 0 heterocycles. The molecule has 0 bridgehead atoms. The molecular weight excluding hydrogens is 330 g/mol. The number of aldehydes is 1. The minimum absolute atomic E-state index is 0.0166. The lowest BCUT2D eigenvalue weighted by Crippen LogP contribution is -2.26. The maximum Gasteiger partial charge on any atom is 0.126 e. The van der Waals surface area contributed by atoms with Crippen molar-refractivity contribution in [2.75, 3.05) is 0 Å². The van der Waals surface area contributed by atoms with Crippen LogP contribution in [0.4, 0.5) is 5.69 Å². The number of hydrogen-bond acceptors (Lipinski definition) is 2. The van der Waals surface area contributed by atoms with Gasteiger partial charge in [0.2, 0.25) is 0 Å². The van der Waals surface area contributed by atoms with Gasteiger partial charge in [-0.3, -0.25) is 4.99 Å². The zero-order valence-corrected chi connectivity index (χ0v) is 17.7. The molecule has 0 radical (unpaired) electrons. The van der Waals surface area contributed by atoms with Crippen LogP contribution in [0.25, 0.3) is 0 Å². The van der Waals surface area contributed by atoms with E-state index >= 15 is 0 Å². The van der Waals surface area contributed by atoms with Crippen molar-refractivity contribution in [2.45, 2.75) is 66.7 Å². The van der Waals surface area contributed by atoms with Crippen LogP contribution in [-0.4, -0.2) is 13.0 Å². The standard InChI is InChI=1S/C25H33NO/c1-8-10-20-12-13-21(15-19(20)9-2)23(25(5,6)16-27)22-14-11-17(3)24(26-7)18(22)4/h11-16,23H,7-10H2,1-6H3. The Balaban J connectivity index is 2.72. The average Bonchev–Trinajstić information content (AvgIpc) is 2.65. The Hall–Kier alpha value is -2.22. The molecule has 2 aromatic carbocycles. The van der Waals surface area contributed by atoms with Crippen LogP contribution < -0.4 is 0 Å². The number of carbonyl (C=O) groups is 1. The number of hydrogen-bond donors (Lipinski definition) is 0. The van der Waals surface area contributed by atoms with Gasteiger partial charge >= 0.3 is 0 Å². The van der Waals surface area contributed by atoms with E-state index in [9.17, 15) is 4.79 Å². The minimum atomic E-state index is -0.518. The minimum Gasteiger partial charge on any atom is -0.303 e. The molecule has 2 heteroatoms. The van der Waals surface area contributed by atoms with Gasteiger partial charge in [0.05, 0.1) is 5.69 Å². The van der Waals surface area contributed by atoms with Crippen molar-refractivity contribution in [2.24, 2.45) is 10.4 Å². The Labute approximate surface area is 164 Å². The molecule has 0 amide bonds. The Morgan fingerprint density at radius 3 is 2.37 bits per heavy atom. The number of aliphatic imine (C=N–C) groups is 1. The zero-order chi connectivity index (χ0) is 20.2. The van der Waals surface area contributed by atoms with E-state index in [0.717, 1.165) is 47.9 Å². The molecule has 0 aliphatic rings. The molecule has 0 spiro atoms. The molecule has 2 nitrogen and oxygen atoms in total. The predicted molar refractivity (Wildman–Crippen MR) is 117 cm³/mol. The molecule has 0 N–H and O–H groups in total. The highest BCUT2D eigenvalue weighted by Crippen LogP contribution is 2.43. The van der Waals surface area contributed by atoms with Crippen LogP contribution in [0.1, 0.15) is 73.4 Å². The number of benzene rings is 2. The fourth-order valence-corrected chi connectivity index (χ4v) is 4.15. The van der Waals surface area contributed by atoms with Crippen molar-refractivity contribution in [1.82, 2.24) is 0 Å². The van der Waals surface area contributed by atoms with Crippen LogP contribution in [0, 0.1) is 19.3 Å². The third kappa shape index (κ3) is 4.21. The van der Waals surface area contributed by atoms with E-state index in [0.29, 0.717) is 0 Å². The van der Waals surface area contributed by atoms with E-state index in [-0.39, 0.29) is 5.92 Å². The fourth-order valence-electron chi connectivity index (χ4n) is 4.15. The zero-order valence-electron chi connectivity index (χ0n) is 17.7. The summed E-state index contributed by atoms with van der Waals surface area (Å²) in [6.07, 6.45) is 4.33. The molecule has 2 rings (SSSR count). The van der Waals surface area contributed by atoms with Crippen molar-refractivity contribution in [1.29, 1.82) is 0 Å². The summed E-state index contributed by atoms with van der Waals surface area (Å²) in [4.78, 5) is 16.3. The highest BCUT2D eigenvalue weighted by atomic mass is 16.1. The van der Waals surface area contributed by atoms with E-state index in [2.05, 4.69) is 69.7 Å². The molecule has 1 atom stereocenters. The summed E-state index contributed by atoms with van der Waals surface area (Å²) in [7, 11) is 0. The van der Waals surface area contributed by atoms with Gasteiger partial charge < -0.3 is 4.79 Å². The van der Waals surface area contributed by atoms with E-state index in [1.54, 1.807) is 0 Å². The first-order valence-electron chi connectivity index (χ1n) is 9.95. The Morgan fingerprint density at radius 1 is 1.11 bits per heavy atom. The molecule has 144 valence electrons. The number of rotatable bonds is 8. The number of aryl methyl sites for hydroxylation is 3. The van der Waals surface area contributed by atoms with Crippen molar-refractivity contribution in [3.63, 3.8) is 0 Å². The van der Waals surface area contributed by atoms with Gasteiger partial charge in [0.1, 0.15) is 6.29 Å². The van der Waals surface area contributed by atoms with Crippen molar-refractivity contribution < 1.29 is 4.79 Å². The van der Waals surface area contributed by atoms with Gasteiger partial charge in [-0.15, -0.1) is 0 Å². The molecule has 0 saturated carbocycles. The predicted octanol–water partition coefficient (Wildman–Crippen LogP) is 6.51. The van der Waals surface area contributed by atoms with Crippen LogP contribution in [-0.2, 0) is 17.6 Å². The summed E-state index contributed by atoms with van der Waals surface area (Å²) in [6, 6.07) is 11.0. The smallest absolute Gasteiger partial charge is 0.126 e. The normalized spacial score (nSPS) is 12.7. The summed E-state index contributed by atoms with van der Waals surface area (Å²) in [5, 5.41) is 0. The van der Waals surface area contributed by atoms with Crippen molar-refractivity contribution in [3.8, 4) is 0 Å². The SMILES string of the molecule is C=Nc1c(C)ccc(C(c2ccc(CCC)c(CC)c2)C(C)(C)C=O)c1C. The lowest BCUT2D eigenvalue weighted by atomic mass is 9.70. The van der Waals surface area contributed by atoms with Crippen LogP contribution in [0.15, 0.2) is 35.3 Å². The summed E-state index contributed by atoms with van der Waals surface area (Å²) >= 11 is 0. The molecule has 1 unspecified atom stereocenters. The van der Waals surface area contributed by atoms with Gasteiger partial charge in [-0.1, -0.05) is 64.4 Å². The molecular formula is C25H33NO. The average molecular weight is 364 g/mol. The molecule has 0 aliphatic heterocycles. The molecule has 27 heavy (non-hydrogen) atoms. The van der Waals surface area contributed by atoms with E-state index in [1.807, 2.05) is 13.8 Å². The second kappa shape index (κ2) is 8.65. The molecule has 0 aromatic heterocycles. The van der Waals surface area contributed by atoms with Gasteiger partial charge in [-0.25, -0.2) is 0 Å². The first kappa shape index (κ1) is 21.1. The monoisotopic (exact) mass is 363 g/mol. The Morgan fingerprint density at radius 2 is 1.81 bits per heavy atom. The lowest BCUT2D eigenvalue weighted by Gasteiger charge is -2.32. The van der Waals surface area contributed by atoms with Gasteiger partial charge in [0.25, 0.3) is 0 Å². The van der Waals surface area contributed by atoms with E-state index in [4.69, 9.17) is 0 Å². The van der Waals surface area contributed by atoms with Crippen LogP contribution in [0.5, 0.6) is 0 Å². The molecule has 2 aromatic rings. The largest absolute Gasteiger partial charge is 0.303 e. The topological polar surface area (TPSA) is 29.4 Å². The van der Waals surface area contributed by atoms with Gasteiger partial charge in [0.15, 0.2) is 0 Å². The third-order valence-electron chi connectivity index (χ3n) is 5.66. The fraction of sp³-hybridized carbons (Fsp3) is 0.440. The lowest BCUT2D eigenvalue weighted by molar-refractivity contribution is -0.115. The Kier molecular flexibility index (Phi) is 6.75. The van der Waals surface area contributed by atoms with Crippen LogP contribution >= 0.6 is 0 Å². The number of nitrogens with zero attached hydrogens (tertiary/aromatic N) is 1. The third-order valence-corrected chi connectivity index (χ3v) is 5.66. The highest BCUT2D eigenvalue weighted by Gasteiger charge is 2.34. The summed E-state index contributed by atoms with van der Waals surface area (Å²) in [5.41, 5.74) is 7.79. The first-order chi connectivity index (χ1) is 12.8. The van der Waals surface area contributed by atoms with Crippen molar-refractivity contribution >= 4 is 18.7 Å². The van der Waals surface area contributed by atoms with E-state index < -0.39 is 5.41 Å². The summed E-state index contributed by atoms with van der Waals surface area (Å²) in [6.45, 7) is 16.4. The first-order valence-corrected chi connectivity index (χ1v) is 9.95. The number of carbonyl (C=O) groups excluding carboxylic acids is 1. The van der Waals surface area contributed by atoms with Crippen LogP contribution in [0.2, 0.25) is 0 Å². The van der Waals surface area contributed by atoms with Crippen LogP contribution in [0.3, 0.4) is 0 Å². The maximum atomic E-state index is 12.0. The van der Waals surface area contributed by atoms with E-state index in [1.165, 1.54) is 16.7 Å². The Bertz CT molecular complexity index is 832. The second-order valence-electron chi connectivity index (χ2n) is 8.11. The highest BCUT2D eigenvalue weighted by molar-refractivity contribution is 5.66. The summed E-state index contributed by atoms with van der Waals surface area (Å²) in [5.74, 6) is -0.0166.